The summed E-state index contributed by atoms with van der Waals surface area (Å²) < 4.78 is 22.9. The Balaban J connectivity index is 0.000000149. The van der Waals surface area contributed by atoms with Crippen molar-refractivity contribution in [3.05, 3.63) is 94.8 Å². The Morgan fingerprint density at radius 1 is 0.544 bits per heavy atom. The molecule has 68 heavy (non-hydrogen) atoms. The molecule has 0 saturated heterocycles. The minimum absolute atomic E-state index is 0.00955. The standard InChI is InChI=1S/2C26H29N5O3/c2*1-13-14(2)33-25(32)17-8-9-21(31-23(13)17)30-22-10-18-19(11-28-22)24(34-16-6-7-16)29-12-20(18)26(3,27)15-4-5-15/h2*8-16H,4-7,27H2,1-3H3,(H,28,30,31)/t13-,14+,26+;13-,14+,26-/m01/s1. The molecule has 352 valence electrons. The molecule has 6 N–H and O–H groups in total. The lowest BCUT2D eigenvalue weighted by Gasteiger charge is -2.27. The summed E-state index contributed by atoms with van der Waals surface area (Å²) in [5.74, 6) is 4.03. The first-order valence-electron chi connectivity index (χ1n) is 24.1. The molecule has 4 fully saturated rings. The maximum atomic E-state index is 12.2. The number of fused-ring (bicyclic) bond motifs is 4. The number of nitrogens with one attached hydrogen (secondary N) is 2. The van der Waals surface area contributed by atoms with Crippen LogP contribution in [-0.2, 0) is 20.6 Å². The van der Waals surface area contributed by atoms with Crippen LogP contribution in [0.2, 0.25) is 0 Å². The highest BCUT2D eigenvalue weighted by Crippen LogP contribution is 2.48. The molecule has 4 aliphatic carbocycles. The van der Waals surface area contributed by atoms with E-state index in [9.17, 15) is 9.59 Å². The molecule has 6 aromatic rings. The fourth-order valence-corrected chi connectivity index (χ4v) is 9.40. The van der Waals surface area contributed by atoms with Gasteiger partial charge in [0.1, 0.15) is 47.7 Å². The number of carbonyl (C=O) groups excluding carboxylic acids is 2. The summed E-state index contributed by atoms with van der Waals surface area (Å²) in [6, 6.07) is 11.1. The second-order valence-electron chi connectivity index (χ2n) is 20.2. The van der Waals surface area contributed by atoms with E-state index in [-0.39, 0.29) is 48.2 Å². The van der Waals surface area contributed by atoms with E-state index in [1.807, 2.05) is 52.2 Å². The monoisotopic (exact) mass is 918 g/mol. The summed E-state index contributed by atoms with van der Waals surface area (Å²) in [6.45, 7) is 12.0. The van der Waals surface area contributed by atoms with Crippen LogP contribution in [0.25, 0.3) is 21.5 Å². The van der Waals surface area contributed by atoms with E-state index >= 15 is 0 Å². The first kappa shape index (κ1) is 44.0. The summed E-state index contributed by atoms with van der Waals surface area (Å²) in [5.41, 5.74) is 17.2. The van der Waals surface area contributed by atoms with Crippen LogP contribution in [0.4, 0.5) is 23.3 Å². The van der Waals surface area contributed by atoms with Gasteiger partial charge in [-0.3, -0.25) is 0 Å². The van der Waals surface area contributed by atoms with Crippen LogP contribution in [0.1, 0.15) is 148 Å². The molecular formula is C52H58N10O6. The van der Waals surface area contributed by atoms with Crippen LogP contribution in [0.3, 0.4) is 0 Å². The third-order valence-electron chi connectivity index (χ3n) is 14.7. The zero-order chi connectivity index (χ0) is 47.2. The first-order valence-corrected chi connectivity index (χ1v) is 24.1. The van der Waals surface area contributed by atoms with Crippen molar-refractivity contribution in [1.82, 2.24) is 29.9 Å². The molecule has 6 atom stereocenters. The van der Waals surface area contributed by atoms with Gasteiger partial charge in [-0.05, 0) is 149 Å². The van der Waals surface area contributed by atoms with E-state index in [0.717, 1.165) is 95.4 Å². The van der Waals surface area contributed by atoms with Crippen molar-refractivity contribution in [1.29, 1.82) is 0 Å². The molecule has 6 aliphatic rings. The zero-order valence-electron chi connectivity index (χ0n) is 39.3. The Kier molecular flexibility index (Phi) is 10.8. The van der Waals surface area contributed by atoms with Gasteiger partial charge < -0.3 is 41.0 Å². The smallest absolute Gasteiger partial charge is 0.340 e. The van der Waals surface area contributed by atoms with Crippen LogP contribution < -0.4 is 31.6 Å². The fraction of sp³-hybridized carbons (Fsp3) is 0.462. The van der Waals surface area contributed by atoms with Crippen molar-refractivity contribution >= 4 is 56.8 Å². The summed E-state index contributed by atoms with van der Waals surface area (Å²) in [4.78, 5) is 52.5. The highest BCUT2D eigenvalue weighted by atomic mass is 16.5. The Bertz CT molecular complexity index is 2800. The molecule has 4 saturated carbocycles. The number of hydrogen-bond donors (Lipinski definition) is 4. The number of nitrogens with zero attached hydrogens (tertiary/aromatic N) is 6. The van der Waals surface area contributed by atoms with E-state index < -0.39 is 11.1 Å². The van der Waals surface area contributed by atoms with Crippen molar-refractivity contribution in [2.75, 3.05) is 10.6 Å². The Hall–Kier alpha value is -6.52. The number of nitrogens with two attached hydrogens (primary N) is 2. The lowest BCUT2D eigenvalue weighted by Crippen LogP contribution is -2.35. The van der Waals surface area contributed by atoms with Gasteiger partial charge in [-0.2, -0.15) is 0 Å². The predicted octanol–water partition coefficient (Wildman–Crippen LogP) is 9.11. The van der Waals surface area contributed by atoms with Gasteiger partial charge in [-0.25, -0.2) is 39.5 Å². The van der Waals surface area contributed by atoms with E-state index in [0.29, 0.717) is 58.0 Å². The maximum Gasteiger partial charge on any atom is 0.340 e. The van der Waals surface area contributed by atoms with E-state index in [1.54, 1.807) is 36.7 Å². The summed E-state index contributed by atoms with van der Waals surface area (Å²) >= 11 is 0. The van der Waals surface area contributed by atoms with Gasteiger partial charge in [-0.1, -0.05) is 13.8 Å². The number of cyclic esters (lactones) is 2. The van der Waals surface area contributed by atoms with Gasteiger partial charge in [-0.15, -0.1) is 0 Å². The molecular weight excluding hydrogens is 861 g/mol. The van der Waals surface area contributed by atoms with Gasteiger partial charge >= 0.3 is 11.9 Å². The normalized spacial score (nSPS) is 23.7. The van der Waals surface area contributed by atoms with Crippen LogP contribution in [0, 0.1) is 11.8 Å². The SMILES string of the molecule is C[C@@H]1OC(=O)c2ccc(Nc3cc4c([C@](C)(N)C5CC5)cnc(OC5CC5)c4cn3)nc2[C@@H]1C.C[C@@H]1c2nc(Nc3cc4c([C@](C)(N)C5CC5)cnc(OC5CC5)c4cn3)ccc2C(=O)O[C@@H]1C. The number of aromatic nitrogens is 6. The Labute approximate surface area is 394 Å². The molecule has 16 nitrogen and oxygen atoms in total. The number of carbonyl (C=O) groups is 2. The average molecular weight is 919 g/mol. The van der Waals surface area contributed by atoms with Crippen molar-refractivity contribution in [2.45, 2.75) is 140 Å². The van der Waals surface area contributed by atoms with Crippen LogP contribution in [0.5, 0.6) is 11.8 Å². The van der Waals surface area contributed by atoms with Crippen LogP contribution in [0.15, 0.2) is 61.2 Å². The first-order chi connectivity index (χ1) is 32.6. The second-order valence-corrected chi connectivity index (χ2v) is 20.2. The predicted molar refractivity (Wildman–Crippen MR) is 257 cm³/mol. The highest BCUT2D eigenvalue weighted by Gasteiger charge is 2.43. The maximum absolute atomic E-state index is 12.2. The largest absolute Gasteiger partial charge is 0.474 e. The van der Waals surface area contributed by atoms with E-state index in [2.05, 4.69) is 44.4 Å². The molecule has 0 bridgehead atoms. The van der Waals surface area contributed by atoms with E-state index in [4.69, 9.17) is 40.4 Å². The lowest BCUT2D eigenvalue weighted by atomic mass is 9.86. The molecule has 6 aromatic heterocycles. The number of rotatable bonds is 12. The van der Waals surface area contributed by atoms with Crippen molar-refractivity contribution < 1.29 is 28.5 Å². The van der Waals surface area contributed by atoms with Crippen molar-refractivity contribution in [2.24, 2.45) is 23.3 Å². The third-order valence-corrected chi connectivity index (χ3v) is 14.7. The molecule has 0 aromatic carbocycles. The highest BCUT2D eigenvalue weighted by molar-refractivity contribution is 5.95. The van der Waals surface area contributed by atoms with Gasteiger partial charge in [0, 0.05) is 47.7 Å². The number of hydrogen-bond acceptors (Lipinski definition) is 16. The van der Waals surface area contributed by atoms with Gasteiger partial charge in [0.25, 0.3) is 0 Å². The molecule has 2 aliphatic heterocycles. The van der Waals surface area contributed by atoms with Crippen LogP contribution in [-0.4, -0.2) is 66.3 Å². The quantitative estimate of drug-likeness (QED) is 0.0840. The third kappa shape index (κ3) is 8.41. The molecule has 0 unspecified atom stereocenters. The van der Waals surface area contributed by atoms with Crippen LogP contribution >= 0.6 is 0 Å². The Morgan fingerprint density at radius 2 is 0.941 bits per heavy atom. The molecule has 0 spiro atoms. The topological polar surface area (TPSA) is 224 Å². The van der Waals surface area contributed by atoms with Gasteiger partial charge in [0.15, 0.2) is 0 Å². The minimum atomic E-state index is -0.474. The Morgan fingerprint density at radius 3 is 1.31 bits per heavy atom. The fourth-order valence-electron chi connectivity index (χ4n) is 9.40. The number of ether oxygens (including phenoxy) is 4. The number of pyridine rings is 6. The van der Waals surface area contributed by atoms with Gasteiger partial charge in [0.05, 0.1) is 33.3 Å². The zero-order valence-corrected chi connectivity index (χ0v) is 39.3. The molecule has 8 heterocycles. The van der Waals surface area contributed by atoms with E-state index in [1.165, 1.54) is 0 Å². The molecule has 0 radical (unpaired) electrons. The number of esters is 2. The van der Waals surface area contributed by atoms with Gasteiger partial charge in [0.2, 0.25) is 11.8 Å². The molecule has 0 amide bonds. The lowest BCUT2D eigenvalue weighted by molar-refractivity contribution is 0.0225. The summed E-state index contributed by atoms with van der Waals surface area (Å²) in [7, 11) is 0. The van der Waals surface area contributed by atoms with Crippen molar-refractivity contribution in [3.63, 3.8) is 0 Å². The summed E-state index contributed by atoms with van der Waals surface area (Å²) in [6.07, 6.45) is 16.1. The average Bonchev–Trinajstić information content (AvgIpc) is 4.10. The number of anilines is 4. The van der Waals surface area contributed by atoms with Crippen molar-refractivity contribution in [3.8, 4) is 11.8 Å². The molecule has 12 rings (SSSR count). The molecule has 16 heteroatoms. The second kappa shape index (κ2) is 16.6. The summed E-state index contributed by atoms with van der Waals surface area (Å²) in [5, 5.41) is 10.4. The minimum Gasteiger partial charge on any atom is -0.474 e.